The standard InChI is InChI=1S/C12H20N2O2S/c1-8(2)14(5)12(15)7-17-6-11-9(3)13-16-10(11)4/h8H,6-7H2,1-5H3. The fourth-order valence-electron chi connectivity index (χ4n) is 1.34. The highest BCUT2D eigenvalue weighted by Crippen LogP contribution is 2.19. The Bertz CT molecular complexity index is 368. The Morgan fingerprint density at radius 2 is 2.12 bits per heavy atom. The van der Waals surface area contributed by atoms with Gasteiger partial charge in [-0.2, -0.15) is 0 Å². The molecule has 0 fully saturated rings. The molecular weight excluding hydrogens is 236 g/mol. The van der Waals surface area contributed by atoms with Crippen LogP contribution in [-0.4, -0.2) is 34.8 Å². The molecular formula is C12H20N2O2S. The molecule has 0 aliphatic carbocycles. The third-order valence-corrected chi connectivity index (χ3v) is 3.77. The lowest BCUT2D eigenvalue weighted by atomic mass is 10.2. The Balaban J connectivity index is 2.41. The molecule has 1 heterocycles. The SMILES string of the molecule is Cc1noc(C)c1CSCC(=O)N(C)C(C)C. The van der Waals surface area contributed by atoms with Crippen LogP contribution in [0.25, 0.3) is 0 Å². The van der Waals surface area contributed by atoms with Gasteiger partial charge in [-0.15, -0.1) is 11.8 Å². The number of thioether (sulfide) groups is 1. The summed E-state index contributed by atoms with van der Waals surface area (Å²) in [6.45, 7) is 7.85. The maximum Gasteiger partial charge on any atom is 0.232 e. The summed E-state index contributed by atoms with van der Waals surface area (Å²) in [5.74, 6) is 2.29. The van der Waals surface area contributed by atoms with E-state index in [0.29, 0.717) is 5.75 Å². The summed E-state index contributed by atoms with van der Waals surface area (Å²) in [6.07, 6.45) is 0. The summed E-state index contributed by atoms with van der Waals surface area (Å²) in [5.41, 5.74) is 2.02. The van der Waals surface area contributed by atoms with Crippen molar-refractivity contribution in [2.75, 3.05) is 12.8 Å². The van der Waals surface area contributed by atoms with Crippen molar-refractivity contribution in [3.8, 4) is 0 Å². The average molecular weight is 256 g/mol. The fraction of sp³-hybridized carbons (Fsp3) is 0.667. The lowest BCUT2D eigenvalue weighted by molar-refractivity contribution is -0.128. The molecule has 17 heavy (non-hydrogen) atoms. The molecule has 0 N–H and O–H groups in total. The third kappa shape index (κ3) is 3.77. The topological polar surface area (TPSA) is 46.3 Å². The van der Waals surface area contributed by atoms with Crippen molar-refractivity contribution in [1.82, 2.24) is 10.1 Å². The number of carbonyl (C=O) groups is 1. The number of hydrogen-bond donors (Lipinski definition) is 0. The monoisotopic (exact) mass is 256 g/mol. The zero-order valence-electron chi connectivity index (χ0n) is 11.1. The highest BCUT2D eigenvalue weighted by molar-refractivity contribution is 7.99. The van der Waals surface area contributed by atoms with Crippen molar-refractivity contribution < 1.29 is 9.32 Å². The molecule has 0 bridgehead atoms. The summed E-state index contributed by atoms with van der Waals surface area (Å²) in [4.78, 5) is 13.5. The summed E-state index contributed by atoms with van der Waals surface area (Å²) in [6, 6.07) is 0.252. The molecule has 0 saturated heterocycles. The molecule has 5 heteroatoms. The minimum Gasteiger partial charge on any atom is -0.361 e. The lowest BCUT2D eigenvalue weighted by Crippen LogP contribution is -2.34. The van der Waals surface area contributed by atoms with E-state index in [1.165, 1.54) is 0 Å². The van der Waals surface area contributed by atoms with Gasteiger partial charge in [-0.3, -0.25) is 4.79 Å². The van der Waals surface area contributed by atoms with Crippen molar-refractivity contribution >= 4 is 17.7 Å². The number of carbonyl (C=O) groups excluding carboxylic acids is 1. The predicted octanol–water partition coefficient (Wildman–Crippen LogP) is 2.39. The van der Waals surface area contributed by atoms with Gasteiger partial charge >= 0.3 is 0 Å². The Morgan fingerprint density at radius 3 is 2.59 bits per heavy atom. The van der Waals surface area contributed by atoms with Crippen molar-refractivity contribution in [2.24, 2.45) is 0 Å². The largest absolute Gasteiger partial charge is 0.361 e. The van der Waals surface area contributed by atoms with Crippen LogP contribution < -0.4 is 0 Å². The van der Waals surface area contributed by atoms with E-state index in [2.05, 4.69) is 5.16 Å². The van der Waals surface area contributed by atoms with Gasteiger partial charge in [0.05, 0.1) is 11.4 Å². The summed E-state index contributed by atoms with van der Waals surface area (Å²) < 4.78 is 5.08. The molecule has 0 aliphatic heterocycles. The van der Waals surface area contributed by atoms with E-state index < -0.39 is 0 Å². The van der Waals surface area contributed by atoms with Gasteiger partial charge in [-0.25, -0.2) is 0 Å². The lowest BCUT2D eigenvalue weighted by Gasteiger charge is -2.21. The zero-order valence-corrected chi connectivity index (χ0v) is 11.9. The van der Waals surface area contributed by atoms with E-state index in [4.69, 9.17) is 4.52 Å². The van der Waals surface area contributed by atoms with Crippen LogP contribution in [0.3, 0.4) is 0 Å². The average Bonchev–Trinajstić information content (AvgIpc) is 2.59. The van der Waals surface area contributed by atoms with Gasteiger partial charge in [0.15, 0.2) is 0 Å². The van der Waals surface area contributed by atoms with Gasteiger partial charge in [0.25, 0.3) is 0 Å². The summed E-state index contributed by atoms with van der Waals surface area (Å²) in [5, 5.41) is 3.89. The highest BCUT2D eigenvalue weighted by atomic mass is 32.2. The Kier molecular flexibility index (Phi) is 5.05. The van der Waals surface area contributed by atoms with E-state index in [1.807, 2.05) is 34.7 Å². The molecule has 4 nitrogen and oxygen atoms in total. The van der Waals surface area contributed by atoms with E-state index >= 15 is 0 Å². The van der Waals surface area contributed by atoms with Gasteiger partial charge in [-0.1, -0.05) is 5.16 Å². The van der Waals surface area contributed by atoms with Gasteiger partial charge in [0, 0.05) is 24.4 Å². The zero-order chi connectivity index (χ0) is 13.0. The fourth-order valence-corrected chi connectivity index (χ4v) is 2.43. The Hall–Kier alpha value is -0.970. The Morgan fingerprint density at radius 1 is 1.47 bits per heavy atom. The van der Waals surface area contributed by atoms with Crippen LogP contribution in [0.4, 0.5) is 0 Å². The minimum absolute atomic E-state index is 0.164. The maximum atomic E-state index is 11.7. The van der Waals surface area contributed by atoms with Crippen LogP contribution in [0, 0.1) is 13.8 Å². The molecule has 0 aromatic carbocycles. The van der Waals surface area contributed by atoms with E-state index in [0.717, 1.165) is 22.8 Å². The second-order valence-corrected chi connectivity index (χ2v) is 5.38. The number of amides is 1. The van der Waals surface area contributed by atoms with Gasteiger partial charge in [0.2, 0.25) is 5.91 Å². The maximum absolute atomic E-state index is 11.7. The quantitative estimate of drug-likeness (QED) is 0.811. The summed E-state index contributed by atoms with van der Waals surface area (Å²) in [7, 11) is 1.84. The molecule has 0 saturated carbocycles. The van der Waals surface area contributed by atoms with Crippen molar-refractivity contribution in [3.63, 3.8) is 0 Å². The molecule has 0 radical (unpaired) electrons. The smallest absolute Gasteiger partial charge is 0.232 e. The minimum atomic E-state index is 0.164. The summed E-state index contributed by atoms with van der Waals surface area (Å²) >= 11 is 1.60. The second-order valence-electron chi connectivity index (χ2n) is 4.39. The van der Waals surface area contributed by atoms with Crippen LogP contribution in [0.2, 0.25) is 0 Å². The molecule has 1 amide bonds. The first-order chi connectivity index (χ1) is 7.93. The van der Waals surface area contributed by atoms with Crippen molar-refractivity contribution in [3.05, 3.63) is 17.0 Å². The molecule has 0 aliphatic rings. The van der Waals surface area contributed by atoms with E-state index in [-0.39, 0.29) is 11.9 Å². The number of rotatable bonds is 5. The van der Waals surface area contributed by atoms with E-state index in [9.17, 15) is 4.79 Å². The second kappa shape index (κ2) is 6.10. The molecule has 1 aromatic rings. The normalized spacial score (nSPS) is 10.9. The molecule has 0 unspecified atom stereocenters. The van der Waals surface area contributed by atoms with Crippen molar-refractivity contribution in [1.29, 1.82) is 0 Å². The van der Waals surface area contributed by atoms with Crippen LogP contribution in [-0.2, 0) is 10.5 Å². The van der Waals surface area contributed by atoms with Crippen LogP contribution in [0.15, 0.2) is 4.52 Å². The third-order valence-electron chi connectivity index (χ3n) is 2.82. The predicted molar refractivity (Wildman–Crippen MR) is 70.0 cm³/mol. The molecule has 96 valence electrons. The Labute approximate surface area is 107 Å². The van der Waals surface area contributed by atoms with Gasteiger partial charge in [0.1, 0.15) is 5.76 Å². The first kappa shape index (κ1) is 14.1. The highest BCUT2D eigenvalue weighted by Gasteiger charge is 2.13. The van der Waals surface area contributed by atoms with Gasteiger partial charge < -0.3 is 9.42 Å². The number of aromatic nitrogens is 1. The number of aryl methyl sites for hydroxylation is 2. The molecule has 0 spiro atoms. The van der Waals surface area contributed by atoms with Crippen LogP contribution in [0.1, 0.15) is 30.9 Å². The van der Waals surface area contributed by atoms with Crippen LogP contribution in [0.5, 0.6) is 0 Å². The van der Waals surface area contributed by atoms with Crippen molar-refractivity contribution in [2.45, 2.75) is 39.5 Å². The molecule has 1 aromatic heterocycles. The number of nitrogens with zero attached hydrogens (tertiary/aromatic N) is 2. The molecule has 1 rings (SSSR count). The first-order valence-corrected chi connectivity index (χ1v) is 6.84. The van der Waals surface area contributed by atoms with E-state index in [1.54, 1.807) is 16.7 Å². The molecule has 0 atom stereocenters. The van der Waals surface area contributed by atoms with Gasteiger partial charge in [-0.05, 0) is 27.7 Å². The van der Waals surface area contributed by atoms with Crippen LogP contribution >= 0.6 is 11.8 Å². The first-order valence-electron chi connectivity index (χ1n) is 5.68. The number of hydrogen-bond acceptors (Lipinski definition) is 4.